The molecule has 0 amide bonds. The molecule has 1 aromatic carbocycles. The molecule has 0 fully saturated rings. The number of methoxy groups -OCH3 is 1. The first-order valence-electron chi connectivity index (χ1n) is 5.96. The van der Waals surface area contributed by atoms with Crippen LogP contribution < -0.4 is 15.2 Å². The summed E-state index contributed by atoms with van der Waals surface area (Å²) in [5.41, 5.74) is 6.20. The SMILES string of the molecule is COc1ccc(OCCS(=O)(=O)C(C)(C)C)c(N)c1. The van der Waals surface area contributed by atoms with Gasteiger partial charge in [-0.15, -0.1) is 0 Å². The van der Waals surface area contributed by atoms with E-state index in [4.69, 9.17) is 15.2 Å². The molecule has 0 bridgehead atoms. The average molecular weight is 287 g/mol. The third-order valence-corrected chi connectivity index (χ3v) is 5.33. The smallest absolute Gasteiger partial charge is 0.158 e. The summed E-state index contributed by atoms with van der Waals surface area (Å²) in [7, 11) is -1.64. The van der Waals surface area contributed by atoms with Gasteiger partial charge in [0, 0.05) is 6.07 Å². The second-order valence-corrected chi connectivity index (χ2v) is 8.05. The molecule has 6 heteroatoms. The van der Waals surface area contributed by atoms with Crippen LogP contribution in [0.4, 0.5) is 5.69 Å². The van der Waals surface area contributed by atoms with Crippen LogP contribution in [-0.2, 0) is 9.84 Å². The Bertz CT molecular complexity index is 532. The molecule has 0 spiro atoms. The highest BCUT2D eigenvalue weighted by molar-refractivity contribution is 7.92. The van der Waals surface area contributed by atoms with E-state index in [9.17, 15) is 8.42 Å². The highest BCUT2D eigenvalue weighted by Gasteiger charge is 2.28. The summed E-state index contributed by atoms with van der Waals surface area (Å²) in [5.74, 6) is 1.05. The van der Waals surface area contributed by atoms with Crippen LogP contribution >= 0.6 is 0 Å². The third-order valence-electron chi connectivity index (χ3n) is 2.76. The predicted octanol–water partition coefficient (Wildman–Crippen LogP) is 1.87. The van der Waals surface area contributed by atoms with Crippen LogP contribution in [0.3, 0.4) is 0 Å². The third kappa shape index (κ3) is 4.02. The number of hydrogen-bond donors (Lipinski definition) is 1. The summed E-state index contributed by atoms with van der Waals surface area (Å²) in [4.78, 5) is 0. The van der Waals surface area contributed by atoms with Crippen molar-refractivity contribution in [3.8, 4) is 11.5 Å². The van der Waals surface area contributed by atoms with Crippen molar-refractivity contribution in [2.45, 2.75) is 25.5 Å². The Morgan fingerprint density at radius 2 is 1.89 bits per heavy atom. The molecule has 19 heavy (non-hydrogen) atoms. The van der Waals surface area contributed by atoms with E-state index in [1.54, 1.807) is 46.1 Å². The number of anilines is 1. The molecule has 0 heterocycles. The van der Waals surface area contributed by atoms with Gasteiger partial charge in [0.1, 0.15) is 18.1 Å². The second kappa shape index (κ2) is 5.69. The van der Waals surface area contributed by atoms with Gasteiger partial charge in [0.15, 0.2) is 9.84 Å². The van der Waals surface area contributed by atoms with Crippen LogP contribution in [0.2, 0.25) is 0 Å². The van der Waals surface area contributed by atoms with Crippen molar-refractivity contribution in [3.05, 3.63) is 18.2 Å². The van der Waals surface area contributed by atoms with Gasteiger partial charge in [0.25, 0.3) is 0 Å². The van der Waals surface area contributed by atoms with E-state index in [2.05, 4.69) is 0 Å². The minimum atomic E-state index is -3.18. The highest BCUT2D eigenvalue weighted by atomic mass is 32.2. The molecule has 0 aliphatic carbocycles. The lowest BCUT2D eigenvalue weighted by Crippen LogP contribution is -2.32. The number of benzene rings is 1. The van der Waals surface area contributed by atoms with E-state index in [1.165, 1.54) is 0 Å². The van der Waals surface area contributed by atoms with Crippen LogP contribution in [0.5, 0.6) is 11.5 Å². The van der Waals surface area contributed by atoms with Crippen molar-refractivity contribution in [1.82, 2.24) is 0 Å². The van der Waals surface area contributed by atoms with Gasteiger partial charge in [-0.1, -0.05) is 0 Å². The minimum Gasteiger partial charge on any atom is -0.497 e. The zero-order valence-corrected chi connectivity index (χ0v) is 12.6. The van der Waals surface area contributed by atoms with Crippen molar-refractivity contribution in [2.24, 2.45) is 0 Å². The number of ether oxygens (including phenoxy) is 2. The van der Waals surface area contributed by atoms with Gasteiger partial charge in [0.2, 0.25) is 0 Å². The number of nitrogen functional groups attached to an aromatic ring is 1. The number of rotatable bonds is 5. The molecule has 0 saturated heterocycles. The standard InChI is InChI=1S/C13H21NO4S/c1-13(2,3)19(15,16)8-7-18-12-6-5-10(17-4)9-11(12)14/h5-6,9H,7-8,14H2,1-4H3. The Hall–Kier alpha value is -1.43. The number of hydrogen-bond acceptors (Lipinski definition) is 5. The fraction of sp³-hybridized carbons (Fsp3) is 0.538. The van der Waals surface area contributed by atoms with Gasteiger partial charge < -0.3 is 15.2 Å². The van der Waals surface area contributed by atoms with E-state index in [0.29, 0.717) is 17.2 Å². The van der Waals surface area contributed by atoms with Crippen LogP contribution in [0, 0.1) is 0 Å². The summed E-state index contributed by atoms with van der Waals surface area (Å²) in [6.45, 7) is 5.09. The quantitative estimate of drug-likeness (QED) is 0.836. The van der Waals surface area contributed by atoms with Crippen molar-refractivity contribution < 1.29 is 17.9 Å². The van der Waals surface area contributed by atoms with Crippen molar-refractivity contribution in [1.29, 1.82) is 0 Å². The lowest BCUT2D eigenvalue weighted by Gasteiger charge is -2.19. The normalized spacial score (nSPS) is 12.2. The van der Waals surface area contributed by atoms with Crippen molar-refractivity contribution in [2.75, 3.05) is 25.2 Å². The Morgan fingerprint density at radius 1 is 1.26 bits per heavy atom. The summed E-state index contributed by atoms with van der Waals surface area (Å²) in [6.07, 6.45) is 0. The molecule has 1 rings (SSSR count). The molecular formula is C13H21NO4S. The molecule has 5 nitrogen and oxygen atoms in total. The maximum absolute atomic E-state index is 11.9. The van der Waals surface area contributed by atoms with E-state index in [0.717, 1.165) is 0 Å². The van der Waals surface area contributed by atoms with Gasteiger partial charge in [-0.25, -0.2) is 8.42 Å². The van der Waals surface area contributed by atoms with Crippen LogP contribution in [-0.4, -0.2) is 32.6 Å². The zero-order valence-electron chi connectivity index (χ0n) is 11.8. The molecule has 2 N–H and O–H groups in total. The van der Waals surface area contributed by atoms with E-state index in [1.807, 2.05) is 0 Å². The molecule has 0 aliphatic rings. The first-order chi connectivity index (χ1) is 8.67. The molecule has 0 unspecified atom stereocenters. The largest absolute Gasteiger partial charge is 0.497 e. The van der Waals surface area contributed by atoms with Gasteiger partial charge in [0.05, 0.1) is 23.3 Å². The number of nitrogens with two attached hydrogens (primary N) is 1. The zero-order chi connectivity index (χ0) is 14.7. The van der Waals surface area contributed by atoms with Gasteiger partial charge in [-0.05, 0) is 32.9 Å². The minimum absolute atomic E-state index is 0.0397. The summed E-state index contributed by atoms with van der Waals surface area (Å²) >= 11 is 0. The highest BCUT2D eigenvalue weighted by Crippen LogP contribution is 2.26. The second-order valence-electron chi connectivity index (χ2n) is 5.18. The predicted molar refractivity (Wildman–Crippen MR) is 76.4 cm³/mol. The fourth-order valence-corrected chi connectivity index (χ4v) is 2.27. The topological polar surface area (TPSA) is 78.6 Å². The molecule has 0 atom stereocenters. The van der Waals surface area contributed by atoms with Gasteiger partial charge in [-0.2, -0.15) is 0 Å². The summed E-state index contributed by atoms with van der Waals surface area (Å²) < 4.78 is 33.4. The Balaban J connectivity index is 2.64. The molecule has 0 aromatic heterocycles. The van der Waals surface area contributed by atoms with E-state index >= 15 is 0 Å². The lowest BCUT2D eigenvalue weighted by atomic mass is 10.3. The Kier molecular flexibility index (Phi) is 4.68. The van der Waals surface area contributed by atoms with Crippen molar-refractivity contribution >= 4 is 15.5 Å². The molecule has 108 valence electrons. The summed E-state index contributed by atoms with van der Waals surface area (Å²) in [5, 5.41) is 0. The molecule has 1 aromatic rings. The molecule has 0 radical (unpaired) electrons. The average Bonchev–Trinajstić information content (AvgIpc) is 2.29. The number of sulfone groups is 1. The van der Waals surface area contributed by atoms with E-state index < -0.39 is 14.6 Å². The molecule has 0 aliphatic heterocycles. The fourth-order valence-electron chi connectivity index (χ4n) is 1.35. The Labute approximate surface area is 114 Å². The maximum Gasteiger partial charge on any atom is 0.158 e. The van der Waals surface area contributed by atoms with Crippen LogP contribution in [0.15, 0.2) is 18.2 Å². The van der Waals surface area contributed by atoms with Gasteiger partial charge >= 0.3 is 0 Å². The Morgan fingerprint density at radius 3 is 2.37 bits per heavy atom. The van der Waals surface area contributed by atoms with Crippen LogP contribution in [0.25, 0.3) is 0 Å². The molecule has 0 saturated carbocycles. The van der Waals surface area contributed by atoms with Crippen molar-refractivity contribution in [3.63, 3.8) is 0 Å². The summed E-state index contributed by atoms with van der Waals surface area (Å²) in [6, 6.07) is 5.01. The first kappa shape index (κ1) is 15.6. The van der Waals surface area contributed by atoms with E-state index in [-0.39, 0.29) is 12.4 Å². The van der Waals surface area contributed by atoms with Crippen LogP contribution in [0.1, 0.15) is 20.8 Å². The monoisotopic (exact) mass is 287 g/mol. The first-order valence-corrected chi connectivity index (χ1v) is 7.61. The maximum atomic E-state index is 11.9. The lowest BCUT2D eigenvalue weighted by molar-refractivity contribution is 0.340. The molecular weight excluding hydrogens is 266 g/mol. The van der Waals surface area contributed by atoms with Gasteiger partial charge in [-0.3, -0.25) is 0 Å².